The molecule has 102 valence electrons. The van der Waals surface area contributed by atoms with Gasteiger partial charge in [-0.15, -0.1) is 10.2 Å². The highest BCUT2D eigenvalue weighted by Gasteiger charge is 2.27. The van der Waals surface area contributed by atoms with Gasteiger partial charge in [-0.25, -0.2) is 4.98 Å². The van der Waals surface area contributed by atoms with Gasteiger partial charge >= 0.3 is 0 Å². The van der Waals surface area contributed by atoms with Gasteiger partial charge in [0.2, 0.25) is 5.13 Å². The average molecular weight is 307 g/mol. The van der Waals surface area contributed by atoms with Crippen LogP contribution in [-0.4, -0.2) is 24.0 Å². The summed E-state index contributed by atoms with van der Waals surface area (Å²) in [4.78, 5) is 4.48. The van der Waals surface area contributed by atoms with E-state index in [4.69, 9.17) is 11.6 Å². The molecule has 0 unspecified atom stereocenters. The highest BCUT2D eigenvalue weighted by atomic mass is 35.5. The Hall–Kier alpha value is -1.73. The van der Waals surface area contributed by atoms with E-state index in [2.05, 4.69) is 24.9 Å². The zero-order valence-electron chi connectivity index (χ0n) is 10.5. The highest BCUT2D eigenvalue weighted by Crippen LogP contribution is 2.39. The lowest BCUT2D eigenvalue weighted by atomic mass is 10.4. The van der Waals surface area contributed by atoms with Crippen molar-refractivity contribution in [2.45, 2.75) is 25.3 Å². The minimum Gasteiger partial charge on any atom is -0.353 e. The maximum atomic E-state index is 5.99. The van der Waals surface area contributed by atoms with Crippen LogP contribution in [0.15, 0.2) is 18.3 Å². The van der Waals surface area contributed by atoms with Crippen LogP contribution in [0.2, 0.25) is 5.02 Å². The molecule has 3 heterocycles. The van der Waals surface area contributed by atoms with Crippen LogP contribution in [0.3, 0.4) is 0 Å². The number of nitrogens with zero attached hydrogens (tertiary/aromatic N) is 5. The summed E-state index contributed by atoms with van der Waals surface area (Å²) in [5, 5.41) is 13.0. The Morgan fingerprint density at radius 1 is 1.35 bits per heavy atom. The number of nitrogens with one attached hydrogen (secondary N) is 1. The van der Waals surface area contributed by atoms with E-state index in [1.54, 1.807) is 6.07 Å². The molecule has 0 atom stereocenters. The van der Waals surface area contributed by atoms with Gasteiger partial charge in [0.25, 0.3) is 0 Å². The van der Waals surface area contributed by atoms with Crippen LogP contribution in [-0.2, 0) is 6.54 Å². The lowest BCUT2D eigenvalue weighted by Gasteiger charge is -2.01. The van der Waals surface area contributed by atoms with Crippen molar-refractivity contribution in [2.24, 2.45) is 0 Å². The molecule has 1 N–H and O–H groups in total. The molecule has 0 saturated heterocycles. The average Bonchev–Trinajstić information content (AvgIpc) is 3.06. The van der Waals surface area contributed by atoms with E-state index < -0.39 is 0 Å². The summed E-state index contributed by atoms with van der Waals surface area (Å²) in [6.45, 7) is 0.542. The maximum absolute atomic E-state index is 5.99. The van der Waals surface area contributed by atoms with Crippen molar-refractivity contribution in [1.29, 1.82) is 0 Å². The summed E-state index contributed by atoms with van der Waals surface area (Å²) in [6, 6.07) is 3.64. The van der Waals surface area contributed by atoms with Crippen LogP contribution >= 0.6 is 23.1 Å². The van der Waals surface area contributed by atoms with Gasteiger partial charge in [-0.2, -0.15) is 4.37 Å². The lowest BCUT2D eigenvalue weighted by molar-refractivity contribution is 0.910. The first-order chi connectivity index (χ1) is 9.79. The van der Waals surface area contributed by atoms with Crippen LogP contribution in [0.4, 0.5) is 5.13 Å². The van der Waals surface area contributed by atoms with Gasteiger partial charge in [0.05, 0.1) is 11.6 Å². The Morgan fingerprint density at radius 2 is 2.25 bits per heavy atom. The molecule has 0 aliphatic heterocycles. The van der Waals surface area contributed by atoms with E-state index in [-0.39, 0.29) is 0 Å². The Bertz CT molecular complexity index is 762. The van der Waals surface area contributed by atoms with E-state index >= 15 is 0 Å². The molecule has 1 aliphatic rings. The van der Waals surface area contributed by atoms with Gasteiger partial charge in [0.15, 0.2) is 11.5 Å². The van der Waals surface area contributed by atoms with Gasteiger partial charge in [0.1, 0.15) is 5.82 Å². The van der Waals surface area contributed by atoms with Crippen LogP contribution in [0, 0.1) is 0 Å². The first-order valence-electron chi connectivity index (χ1n) is 6.36. The number of anilines is 1. The fraction of sp³-hybridized carbons (Fsp3) is 0.333. The Balaban J connectivity index is 1.53. The zero-order chi connectivity index (χ0) is 13.5. The highest BCUT2D eigenvalue weighted by molar-refractivity contribution is 7.09. The van der Waals surface area contributed by atoms with Crippen LogP contribution in [0.25, 0.3) is 5.65 Å². The largest absolute Gasteiger partial charge is 0.353 e. The molecule has 3 aromatic heterocycles. The number of rotatable bonds is 4. The van der Waals surface area contributed by atoms with Gasteiger partial charge in [-0.05, 0) is 25.0 Å². The summed E-state index contributed by atoms with van der Waals surface area (Å²) in [6.07, 6.45) is 4.23. The van der Waals surface area contributed by atoms with E-state index in [0.717, 1.165) is 22.4 Å². The summed E-state index contributed by atoms with van der Waals surface area (Å²) in [5.74, 6) is 2.34. The van der Waals surface area contributed by atoms with Crippen molar-refractivity contribution in [3.05, 3.63) is 35.0 Å². The quantitative estimate of drug-likeness (QED) is 0.802. The van der Waals surface area contributed by atoms with E-state index in [1.165, 1.54) is 24.4 Å². The smallest absolute Gasteiger partial charge is 0.202 e. The Labute approximate surface area is 124 Å². The molecule has 0 aromatic carbocycles. The summed E-state index contributed by atoms with van der Waals surface area (Å²) in [5.41, 5.74) is 0.780. The second kappa shape index (κ2) is 4.68. The number of fused-ring (bicyclic) bond motifs is 1. The number of halogens is 1. The van der Waals surface area contributed by atoms with Crippen LogP contribution in [0.5, 0.6) is 0 Å². The molecule has 0 amide bonds. The van der Waals surface area contributed by atoms with Crippen molar-refractivity contribution in [1.82, 2.24) is 24.0 Å². The standard InChI is InChI=1S/C12H11ClN6S/c13-8-3-4-9-16-17-10(19(9)6-8)5-14-12-15-11(18-20-12)7-1-2-7/h3-4,6-7H,1-2,5H2,(H,14,15,18). The SMILES string of the molecule is Clc1ccc2nnc(CNc3nc(C4CC4)ns3)n2c1. The van der Waals surface area contributed by atoms with Crippen molar-refractivity contribution >= 4 is 33.9 Å². The molecule has 0 spiro atoms. The van der Waals surface area contributed by atoms with Gasteiger partial charge in [0, 0.05) is 23.6 Å². The monoisotopic (exact) mass is 306 g/mol. The maximum Gasteiger partial charge on any atom is 0.202 e. The summed E-state index contributed by atoms with van der Waals surface area (Å²) >= 11 is 7.39. The molecule has 4 rings (SSSR count). The van der Waals surface area contributed by atoms with E-state index in [1.807, 2.05) is 16.7 Å². The second-order valence-electron chi connectivity index (χ2n) is 4.78. The molecule has 1 aliphatic carbocycles. The fourth-order valence-corrected chi connectivity index (χ4v) is 2.80. The van der Waals surface area contributed by atoms with Crippen molar-refractivity contribution < 1.29 is 0 Å². The second-order valence-corrected chi connectivity index (χ2v) is 5.97. The van der Waals surface area contributed by atoms with Crippen molar-refractivity contribution in [2.75, 3.05) is 5.32 Å². The molecule has 0 bridgehead atoms. The minimum absolute atomic E-state index is 0.542. The Kier molecular flexibility index (Phi) is 2.82. The van der Waals surface area contributed by atoms with Crippen LogP contribution in [0.1, 0.15) is 30.4 Å². The third kappa shape index (κ3) is 2.23. The number of aromatic nitrogens is 5. The number of hydrogen-bond donors (Lipinski definition) is 1. The zero-order valence-corrected chi connectivity index (χ0v) is 12.0. The summed E-state index contributed by atoms with van der Waals surface area (Å²) < 4.78 is 6.23. The molecule has 1 saturated carbocycles. The van der Waals surface area contributed by atoms with E-state index in [0.29, 0.717) is 17.5 Å². The number of hydrogen-bond acceptors (Lipinski definition) is 6. The third-order valence-electron chi connectivity index (χ3n) is 3.22. The molecular weight excluding hydrogens is 296 g/mol. The first kappa shape index (κ1) is 12.0. The predicted octanol–water partition coefficient (Wildman–Crippen LogP) is 2.72. The predicted molar refractivity (Wildman–Crippen MR) is 77.2 cm³/mol. The minimum atomic E-state index is 0.542. The summed E-state index contributed by atoms with van der Waals surface area (Å²) in [7, 11) is 0. The van der Waals surface area contributed by atoms with E-state index in [9.17, 15) is 0 Å². The number of pyridine rings is 1. The molecular formula is C12H11ClN6S. The normalized spacial score (nSPS) is 14.8. The molecule has 20 heavy (non-hydrogen) atoms. The van der Waals surface area contributed by atoms with Gasteiger partial charge < -0.3 is 5.32 Å². The van der Waals surface area contributed by atoms with Crippen LogP contribution < -0.4 is 5.32 Å². The molecule has 6 nitrogen and oxygen atoms in total. The molecule has 1 fully saturated rings. The lowest BCUT2D eigenvalue weighted by Crippen LogP contribution is -2.04. The fourth-order valence-electron chi connectivity index (χ4n) is 2.00. The first-order valence-corrected chi connectivity index (χ1v) is 7.51. The van der Waals surface area contributed by atoms with Crippen molar-refractivity contribution in [3.8, 4) is 0 Å². The topological polar surface area (TPSA) is 68.0 Å². The van der Waals surface area contributed by atoms with Crippen molar-refractivity contribution in [3.63, 3.8) is 0 Å². The van der Waals surface area contributed by atoms with Gasteiger partial charge in [-0.1, -0.05) is 11.6 Å². The molecule has 0 radical (unpaired) electrons. The molecule has 3 aromatic rings. The Morgan fingerprint density at radius 3 is 3.10 bits per heavy atom. The van der Waals surface area contributed by atoms with Gasteiger partial charge in [-0.3, -0.25) is 4.40 Å². The third-order valence-corrected chi connectivity index (χ3v) is 4.13. The molecule has 8 heteroatoms.